The van der Waals surface area contributed by atoms with Crippen LogP contribution in [0.2, 0.25) is 0 Å². The first kappa shape index (κ1) is 15.0. The smallest absolute Gasteiger partial charge is 0.223 e. The predicted octanol–water partition coefficient (Wildman–Crippen LogP) is 2.94. The molecule has 3 nitrogen and oxygen atoms in total. The maximum Gasteiger partial charge on any atom is 0.223 e. The molecule has 0 bridgehead atoms. The first-order chi connectivity index (χ1) is 9.70. The fraction of sp³-hybridized carbons (Fsp3) is 0.588. The average molecular weight is 274 g/mol. The van der Waals surface area contributed by atoms with Gasteiger partial charge in [-0.05, 0) is 30.7 Å². The molecule has 1 aromatic rings. The quantitative estimate of drug-likeness (QED) is 0.867. The molecule has 0 unspecified atom stereocenters. The van der Waals surface area contributed by atoms with Crippen molar-refractivity contribution in [2.75, 3.05) is 6.54 Å². The third-order valence-corrected chi connectivity index (χ3v) is 4.22. The number of benzene rings is 1. The van der Waals surface area contributed by atoms with Crippen LogP contribution >= 0.6 is 0 Å². The van der Waals surface area contributed by atoms with Crippen LogP contribution in [0.15, 0.2) is 30.3 Å². The summed E-state index contributed by atoms with van der Waals surface area (Å²) in [5.41, 5.74) is 7.28. The van der Waals surface area contributed by atoms with E-state index in [1.54, 1.807) is 0 Å². The maximum atomic E-state index is 12.5. The van der Waals surface area contributed by atoms with Crippen LogP contribution in [0.25, 0.3) is 0 Å². The number of carbonyl (C=O) groups excluding carboxylic acids is 1. The van der Waals surface area contributed by atoms with E-state index >= 15 is 0 Å². The summed E-state index contributed by atoms with van der Waals surface area (Å²) in [6, 6.07) is 10.4. The van der Waals surface area contributed by atoms with Crippen LogP contribution in [0, 0.1) is 5.92 Å². The predicted molar refractivity (Wildman–Crippen MR) is 82.1 cm³/mol. The van der Waals surface area contributed by atoms with Crippen molar-refractivity contribution in [3.63, 3.8) is 0 Å². The Morgan fingerprint density at radius 2 is 2.05 bits per heavy atom. The second kappa shape index (κ2) is 7.44. The molecule has 1 aromatic carbocycles. The van der Waals surface area contributed by atoms with E-state index in [-0.39, 0.29) is 11.9 Å². The molecule has 20 heavy (non-hydrogen) atoms. The van der Waals surface area contributed by atoms with Gasteiger partial charge in [-0.2, -0.15) is 0 Å². The highest BCUT2D eigenvalue weighted by Crippen LogP contribution is 2.27. The molecule has 110 valence electrons. The molecular formula is C17H26N2O. The molecule has 0 radical (unpaired) electrons. The van der Waals surface area contributed by atoms with Gasteiger partial charge in [-0.3, -0.25) is 4.79 Å². The molecule has 1 aliphatic rings. The number of rotatable bonds is 6. The molecule has 1 amide bonds. The molecule has 0 spiro atoms. The highest BCUT2D eigenvalue weighted by Gasteiger charge is 2.27. The maximum absolute atomic E-state index is 12.5. The largest absolute Gasteiger partial charge is 0.338 e. The molecule has 0 heterocycles. The monoisotopic (exact) mass is 274 g/mol. The summed E-state index contributed by atoms with van der Waals surface area (Å²) >= 11 is 0. The van der Waals surface area contributed by atoms with Crippen molar-refractivity contribution in [3.05, 3.63) is 35.9 Å². The average Bonchev–Trinajstić information content (AvgIpc) is 2.85. The van der Waals surface area contributed by atoms with Crippen molar-refractivity contribution in [2.45, 2.75) is 51.6 Å². The SMILES string of the molecule is CCCN(Cc1ccccc1)C(=O)C[C@@H]1CCC[C@H]1N. The fourth-order valence-electron chi connectivity index (χ4n) is 3.04. The number of hydrogen-bond donors (Lipinski definition) is 1. The Morgan fingerprint density at radius 3 is 2.65 bits per heavy atom. The number of carbonyl (C=O) groups is 1. The van der Waals surface area contributed by atoms with Gasteiger partial charge in [-0.25, -0.2) is 0 Å². The Bertz CT molecular complexity index is 418. The number of nitrogens with two attached hydrogens (primary N) is 1. The van der Waals surface area contributed by atoms with Crippen LogP contribution in [-0.2, 0) is 11.3 Å². The van der Waals surface area contributed by atoms with Gasteiger partial charge in [0.15, 0.2) is 0 Å². The van der Waals surface area contributed by atoms with Crippen LogP contribution in [0.3, 0.4) is 0 Å². The molecule has 2 rings (SSSR count). The third-order valence-electron chi connectivity index (χ3n) is 4.22. The molecule has 2 atom stereocenters. The molecule has 0 saturated heterocycles. The van der Waals surface area contributed by atoms with E-state index in [2.05, 4.69) is 19.1 Å². The van der Waals surface area contributed by atoms with Gasteiger partial charge in [-0.15, -0.1) is 0 Å². The van der Waals surface area contributed by atoms with Gasteiger partial charge in [-0.1, -0.05) is 43.7 Å². The van der Waals surface area contributed by atoms with E-state index < -0.39 is 0 Å². The first-order valence-corrected chi connectivity index (χ1v) is 7.78. The number of amides is 1. The molecule has 0 aliphatic heterocycles. The lowest BCUT2D eigenvalue weighted by Crippen LogP contribution is -2.35. The van der Waals surface area contributed by atoms with Crippen molar-refractivity contribution >= 4 is 5.91 Å². The van der Waals surface area contributed by atoms with Crippen molar-refractivity contribution in [3.8, 4) is 0 Å². The minimum absolute atomic E-state index is 0.221. The summed E-state index contributed by atoms with van der Waals surface area (Å²) in [5.74, 6) is 0.649. The Morgan fingerprint density at radius 1 is 1.30 bits per heavy atom. The Hall–Kier alpha value is -1.35. The molecule has 1 aliphatic carbocycles. The Kier molecular flexibility index (Phi) is 5.60. The topological polar surface area (TPSA) is 46.3 Å². The van der Waals surface area contributed by atoms with Crippen LogP contribution < -0.4 is 5.73 Å². The lowest BCUT2D eigenvalue weighted by atomic mass is 9.99. The zero-order valence-corrected chi connectivity index (χ0v) is 12.4. The molecule has 0 aromatic heterocycles. The second-order valence-corrected chi connectivity index (χ2v) is 5.86. The minimum atomic E-state index is 0.221. The number of hydrogen-bond acceptors (Lipinski definition) is 2. The lowest BCUT2D eigenvalue weighted by molar-refractivity contribution is -0.133. The highest BCUT2D eigenvalue weighted by atomic mass is 16.2. The normalized spacial score (nSPS) is 21.9. The molecule has 1 fully saturated rings. The van der Waals surface area contributed by atoms with Crippen molar-refractivity contribution in [1.29, 1.82) is 0 Å². The van der Waals surface area contributed by atoms with Gasteiger partial charge in [0.25, 0.3) is 0 Å². The third kappa shape index (κ3) is 4.07. The van der Waals surface area contributed by atoms with Crippen molar-refractivity contribution in [1.82, 2.24) is 4.90 Å². The standard InChI is InChI=1S/C17H26N2O/c1-2-11-19(13-14-7-4-3-5-8-14)17(20)12-15-9-6-10-16(15)18/h3-5,7-8,15-16H,2,6,9-13,18H2,1H3/t15-,16+/m0/s1. The van der Waals surface area contributed by atoms with Crippen LogP contribution in [0.4, 0.5) is 0 Å². The van der Waals surface area contributed by atoms with Crippen LogP contribution in [0.1, 0.15) is 44.6 Å². The Labute approximate surface area is 122 Å². The van der Waals surface area contributed by atoms with E-state index in [4.69, 9.17) is 5.73 Å². The summed E-state index contributed by atoms with van der Waals surface area (Å²) in [6.45, 7) is 3.66. The van der Waals surface area contributed by atoms with Gasteiger partial charge in [0.05, 0.1) is 0 Å². The fourth-order valence-corrected chi connectivity index (χ4v) is 3.04. The summed E-state index contributed by atoms with van der Waals surface area (Å²) in [7, 11) is 0. The van der Waals surface area contributed by atoms with Gasteiger partial charge >= 0.3 is 0 Å². The van der Waals surface area contributed by atoms with Gasteiger partial charge < -0.3 is 10.6 Å². The minimum Gasteiger partial charge on any atom is -0.338 e. The van der Waals surface area contributed by atoms with Crippen LogP contribution in [0.5, 0.6) is 0 Å². The Balaban J connectivity index is 1.95. The van der Waals surface area contributed by atoms with Gasteiger partial charge in [0, 0.05) is 25.6 Å². The van der Waals surface area contributed by atoms with E-state index in [9.17, 15) is 4.79 Å². The first-order valence-electron chi connectivity index (χ1n) is 7.78. The second-order valence-electron chi connectivity index (χ2n) is 5.86. The van der Waals surface area contributed by atoms with Crippen molar-refractivity contribution < 1.29 is 4.79 Å². The van der Waals surface area contributed by atoms with E-state index in [1.807, 2.05) is 23.1 Å². The number of nitrogens with zero attached hydrogens (tertiary/aromatic N) is 1. The van der Waals surface area contributed by atoms with E-state index in [0.29, 0.717) is 12.3 Å². The lowest BCUT2D eigenvalue weighted by Gasteiger charge is -2.25. The molecule has 2 N–H and O–H groups in total. The van der Waals surface area contributed by atoms with Gasteiger partial charge in [0.2, 0.25) is 5.91 Å². The molecule has 1 saturated carbocycles. The summed E-state index contributed by atoms with van der Waals surface area (Å²) in [6.07, 6.45) is 4.97. The van der Waals surface area contributed by atoms with E-state index in [1.165, 1.54) is 12.0 Å². The molecular weight excluding hydrogens is 248 g/mol. The van der Waals surface area contributed by atoms with Crippen LogP contribution in [-0.4, -0.2) is 23.4 Å². The summed E-state index contributed by atoms with van der Waals surface area (Å²) < 4.78 is 0. The summed E-state index contributed by atoms with van der Waals surface area (Å²) in [4.78, 5) is 14.5. The summed E-state index contributed by atoms with van der Waals surface area (Å²) in [5, 5.41) is 0. The van der Waals surface area contributed by atoms with Crippen molar-refractivity contribution in [2.24, 2.45) is 11.7 Å². The van der Waals surface area contributed by atoms with E-state index in [0.717, 1.165) is 32.4 Å². The van der Waals surface area contributed by atoms with Gasteiger partial charge in [0.1, 0.15) is 0 Å². The molecule has 3 heteroatoms. The zero-order valence-electron chi connectivity index (χ0n) is 12.4. The highest BCUT2D eigenvalue weighted by molar-refractivity contribution is 5.76. The zero-order chi connectivity index (χ0) is 14.4.